The molecular weight excluding hydrogens is 326 g/mol. The zero-order valence-electron chi connectivity index (χ0n) is 15.8. The zero-order valence-corrected chi connectivity index (χ0v) is 15.8. The third kappa shape index (κ3) is 4.22. The van der Waals surface area contributed by atoms with Crippen molar-refractivity contribution in [2.24, 2.45) is 0 Å². The third-order valence-electron chi connectivity index (χ3n) is 5.23. The van der Waals surface area contributed by atoms with E-state index in [2.05, 4.69) is 57.9 Å². The summed E-state index contributed by atoms with van der Waals surface area (Å²) in [5, 5.41) is 7.38. The fourth-order valence-electron chi connectivity index (χ4n) is 3.73. The number of H-pyrrole nitrogens is 1. The number of hydrogen-bond acceptors (Lipinski definition) is 4. The first-order valence-corrected chi connectivity index (χ1v) is 9.19. The molecule has 138 valence electrons. The number of benzene rings is 1. The molecule has 1 fully saturated rings. The van der Waals surface area contributed by atoms with Gasteiger partial charge in [-0.3, -0.25) is 10.00 Å². The maximum absolute atomic E-state index is 11.2. The number of nitrogens with one attached hydrogen (secondary N) is 1. The molecule has 2 heterocycles. The van der Waals surface area contributed by atoms with Gasteiger partial charge in [0.2, 0.25) is 0 Å². The summed E-state index contributed by atoms with van der Waals surface area (Å²) in [6.45, 7) is 6.36. The van der Waals surface area contributed by atoms with E-state index in [0.717, 1.165) is 30.8 Å². The molecule has 0 radical (unpaired) electrons. The number of likely N-dealkylation sites (tertiary alicyclic amines) is 1. The van der Waals surface area contributed by atoms with Crippen molar-refractivity contribution in [3.05, 3.63) is 58.4 Å². The smallest absolute Gasteiger partial charge is 0.330 e. The van der Waals surface area contributed by atoms with Crippen LogP contribution in [0.2, 0.25) is 0 Å². The summed E-state index contributed by atoms with van der Waals surface area (Å²) in [5.41, 5.74) is 5.99. The normalized spacial score (nSPS) is 17.9. The maximum Gasteiger partial charge on any atom is 0.330 e. The highest BCUT2D eigenvalue weighted by Gasteiger charge is 2.25. The number of methoxy groups -OCH3 is 1. The second kappa shape index (κ2) is 8.32. The Kier molecular flexibility index (Phi) is 5.89. The van der Waals surface area contributed by atoms with Crippen LogP contribution in [0.4, 0.5) is 0 Å². The molecule has 1 aromatic carbocycles. The Hall–Kier alpha value is -2.40. The monoisotopic (exact) mass is 353 g/mol. The van der Waals surface area contributed by atoms with Crippen LogP contribution in [0.3, 0.4) is 0 Å². The zero-order chi connectivity index (χ0) is 18.5. The average molecular weight is 353 g/mol. The second-order valence-corrected chi connectivity index (χ2v) is 6.88. The number of carbonyl (C=O) groups is 1. The van der Waals surface area contributed by atoms with Crippen LogP contribution in [0.5, 0.6) is 0 Å². The number of aromatic amines is 1. The first kappa shape index (κ1) is 18.4. The fraction of sp³-hybridized carbons (Fsp3) is 0.429. The summed E-state index contributed by atoms with van der Waals surface area (Å²) < 4.78 is 4.63. The summed E-state index contributed by atoms with van der Waals surface area (Å²) in [5.74, 6) is -0.333. The van der Waals surface area contributed by atoms with Crippen molar-refractivity contribution in [1.82, 2.24) is 15.1 Å². The average Bonchev–Trinajstić information content (AvgIpc) is 3.25. The lowest BCUT2D eigenvalue weighted by Crippen LogP contribution is -2.26. The van der Waals surface area contributed by atoms with E-state index in [0.29, 0.717) is 6.04 Å². The first-order valence-electron chi connectivity index (χ1n) is 9.19. The second-order valence-electron chi connectivity index (χ2n) is 6.88. The van der Waals surface area contributed by atoms with E-state index in [1.54, 1.807) is 6.08 Å². The summed E-state index contributed by atoms with van der Waals surface area (Å²) in [4.78, 5) is 13.8. The fourth-order valence-corrected chi connectivity index (χ4v) is 3.73. The molecule has 5 nitrogen and oxygen atoms in total. The largest absolute Gasteiger partial charge is 0.466 e. The van der Waals surface area contributed by atoms with E-state index in [1.165, 1.54) is 42.8 Å². The number of rotatable bonds is 6. The minimum Gasteiger partial charge on any atom is -0.466 e. The van der Waals surface area contributed by atoms with Crippen LogP contribution in [0.15, 0.2) is 30.3 Å². The van der Waals surface area contributed by atoms with Crippen LogP contribution >= 0.6 is 0 Å². The van der Waals surface area contributed by atoms with E-state index in [1.807, 2.05) is 0 Å². The topological polar surface area (TPSA) is 58.2 Å². The van der Waals surface area contributed by atoms with Crippen molar-refractivity contribution >= 4 is 12.0 Å². The number of nitrogens with zero attached hydrogens (tertiary/aromatic N) is 2. The Morgan fingerprint density at radius 1 is 1.35 bits per heavy atom. The van der Waals surface area contributed by atoms with Crippen LogP contribution < -0.4 is 0 Å². The van der Waals surface area contributed by atoms with Gasteiger partial charge in [0, 0.05) is 24.4 Å². The standard InChI is InChI=1S/C21H27N3O2/c1-15-19(16(2)23-22-15)12-14-24-13-4-5-20(24)18-9-6-17(7-10-18)8-11-21(25)26-3/h6-11,20H,4-5,12-14H2,1-3H3,(H,22,23). The molecule has 0 saturated carbocycles. The highest BCUT2D eigenvalue weighted by Crippen LogP contribution is 2.32. The van der Waals surface area contributed by atoms with Gasteiger partial charge in [-0.25, -0.2) is 4.79 Å². The minimum absolute atomic E-state index is 0.333. The van der Waals surface area contributed by atoms with Crippen molar-refractivity contribution in [2.45, 2.75) is 39.2 Å². The lowest BCUT2D eigenvalue weighted by atomic mass is 10.0. The SMILES string of the molecule is COC(=O)C=Cc1ccc(C2CCCN2CCc2c(C)n[nH]c2C)cc1. The summed E-state index contributed by atoms with van der Waals surface area (Å²) in [6, 6.07) is 8.95. The van der Waals surface area contributed by atoms with Crippen molar-refractivity contribution in [2.75, 3.05) is 20.2 Å². The summed E-state index contributed by atoms with van der Waals surface area (Å²) >= 11 is 0. The Morgan fingerprint density at radius 3 is 2.77 bits per heavy atom. The molecule has 0 spiro atoms. The molecule has 2 aromatic rings. The highest BCUT2D eigenvalue weighted by atomic mass is 16.5. The Labute approximate surface area is 155 Å². The Bertz CT molecular complexity index is 758. The molecule has 5 heteroatoms. The van der Waals surface area contributed by atoms with Gasteiger partial charge in [0.25, 0.3) is 0 Å². The predicted molar refractivity (Wildman–Crippen MR) is 103 cm³/mol. The van der Waals surface area contributed by atoms with Gasteiger partial charge in [0.05, 0.1) is 12.8 Å². The van der Waals surface area contributed by atoms with Gasteiger partial charge in [-0.15, -0.1) is 0 Å². The third-order valence-corrected chi connectivity index (χ3v) is 5.23. The molecule has 1 aromatic heterocycles. The van der Waals surface area contributed by atoms with E-state index in [-0.39, 0.29) is 5.97 Å². The van der Waals surface area contributed by atoms with E-state index in [9.17, 15) is 4.79 Å². The van der Waals surface area contributed by atoms with E-state index < -0.39 is 0 Å². The van der Waals surface area contributed by atoms with Gasteiger partial charge in [0.15, 0.2) is 0 Å². The lowest BCUT2D eigenvalue weighted by molar-refractivity contribution is -0.134. The summed E-state index contributed by atoms with van der Waals surface area (Å²) in [6.07, 6.45) is 6.70. The van der Waals surface area contributed by atoms with Gasteiger partial charge in [-0.1, -0.05) is 24.3 Å². The molecule has 1 aliphatic rings. The summed E-state index contributed by atoms with van der Waals surface area (Å²) in [7, 11) is 1.39. The number of aryl methyl sites for hydroxylation is 2. The van der Waals surface area contributed by atoms with Gasteiger partial charge in [-0.2, -0.15) is 5.10 Å². The molecule has 1 saturated heterocycles. The molecule has 1 N–H and O–H groups in total. The number of ether oxygens (including phenoxy) is 1. The van der Waals surface area contributed by atoms with Crippen LogP contribution in [-0.2, 0) is 16.0 Å². The van der Waals surface area contributed by atoms with Crippen molar-refractivity contribution in [3.8, 4) is 0 Å². The quantitative estimate of drug-likeness (QED) is 0.637. The lowest BCUT2D eigenvalue weighted by Gasteiger charge is -2.25. The highest BCUT2D eigenvalue weighted by molar-refractivity contribution is 5.86. The number of carbonyl (C=O) groups excluding carboxylic acids is 1. The molecule has 0 aliphatic carbocycles. The van der Waals surface area contributed by atoms with Crippen molar-refractivity contribution < 1.29 is 9.53 Å². The Morgan fingerprint density at radius 2 is 2.12 bits per heavy atom. The van der Waals surface area contributed by atoms with E-state index in [4.69, 9.17) is 0 Å². The van der Waals surface area contributed by atoms with Gasteiger partial charge in [0.1, 0.15) is 0 Å². The van der Waals surface area contributed by atoms with Gasteiger partial charge >= 0.3 is 5.97 Å². The van der Waals surface area contributed by atoms with Gasteiger partial charge in [-0.05, 0) is 62.4 Å². The number of aromatic nitrogens is 2. The molecule has 0 amide bonds. The molecule has 3 rings (SSSR count). The molecular formula is C21H27N3O2. The predicted octanol–water partition coefficient (Wildman–Crippen LogP) is 3.59. The van der Waals surface area contributed by atoms with Crippen LogP contribution in [0.1, 0.15) is 47.0 Å². The first-order chi connectivity index (χ1) is 12.6. The maximum atomic E-state index is 11.2. The van der Waals surface area contributed by atoms with Crippen LogP contribution in [0, 0.1) is 13.8 Å². The van der Waals surface area contributed by atoms with Crippen LogP contribution in [-0.4, -0.2) is 41.3 Å². The number of esters is 1. The molecule has 0 bridgehead atoms. The molecule has 1 unspecified atom stereocenters. The molecule has 1 atom stereocenters. The Balaban J connectivity index is 1.64. The minimum atomic E-state index is -0.333. The van der Waals surface area contributed by atoms with E-state index >= 15 is 0 Å². The number of hydrogen-bond donors (Lipinski definition) is 1. The van der Waals surface area contributed by atoms with Crippen LogP contribution in [0.25, 0.3) is 6.08 Å². The molecule has 26 heavy (non-hydrogen) atoms. The van der Waals surface area contributed by atoms with Crippen molar-refractivity contribution in [3.63, 3.8) is 0 Å². The molecule has 1 aliphatic heterocycles. The van der Waals surface area contributed by atoms with Crippen molar-refractivity contribution in [1.29, 1.82) is 0 Å². The van der Waals surface area contributed by atoms with Gasteiger partial charge < -0.3 is 4.74 Å².